The van der Waals surface area contributed by atoms with Gasteiger partial charge in [0.15, 0.2) is 11.9 Å². The molecule has 0 spiro atoms. The standard InChI is InChI=1S/C39H41ClN6O5/c1-21-11-12-24(17-22(21)2)19-41-36(48)32-18-33(46-34(43-32)28(20-42-46)35(47)45-31-10-8-7-9-29(31)40)37(49)44-30-16-15-25-23(3)26(13-14-27(25)30)38(50)51-39(4,5)6/h7-14,17-18,20,30,38,50H,15-16,19H2,1-6H3,(H,41,48)(H,44,49)(H,45,47)/t30-,38-/m0/s1. The van der Waals surface area contributed by atoms with E-state index in [-0.39, 0.29) is 35.2 Å². The number of amides is 3. The lowest BCUT2D eigenvalue weighted by Gasteiger charge is -2.26. The zero-order valence-electron chi connectivity index (χ0n) is 29.4. The van der Waals surface area contributed by atoms with Crippen LogP contribution in [0.15, 0.2) is 66.9 Å². The first-order valence-electron chi connectivity index (χ1n) is 16.8. The molecule has 5 aromatic rings. The molecular weight excluding hydrogens is 668 g/mol. The van der Waals surface area contributed by atoms with Crippen LogP contribution in [0.25, 0.3) is 5.65 Å². The Kier molecular flexibility index (Phi) is 9.99. The largest absolute Gasteiger partial charge is 0.364 e. The predicted molar refractivity (Wildman–Crippen MR) is 195 cm³/mol. The molecule has 264 valence electrons. The minimum Gasteiger partial charge on any atom is -0.364 e. The topological polar surface area (TPSA) is 147 Å². The molecular formula is C39H41ClN6O5. The molecule has 0 saturated carbocycles. The van der Waals surface area contributed by atoms with Gasteiger partial charge < -0.3 is 25.8 Å². The number of carbonyl (C=O) groups excluding carboxylic acids is 3. The van der Waals surface area contributed by atoms with Gasteiger partial charge in [-0.2, -0.15) is 5.10 Å². The molecule has 2 heterocycles. The van der Waals surface area contributed by atoms with Crippen molar-refractivity contribution in [2.45, 2.75) is 78.9 Å². The van der Waals surface area contributed by atoms with E-state index in [1.165, 1.54) is 16.8 Å². The number of rotatable bonds is 9. The summed E-state index contributed by atoms with van der Waals surface area (Å²) in [7, 11) is 0. The van der Waals surface area contributed by atoms with Crippen LogP contribution >= 0.6 is 11.6 Å². The van der Waals surface area contributed by atoms with Crippen molar-refractivity contribution >= 4 is 40.7 Å². The van der Waals surface area contributed by atoms with Gasteiger partial charge in [0.2, 0.25) is 0 Å². The average molecular weight is 709 g/mol. The van der Waals surface area contributed by atoms with Crippen LogP contribution in [0.1, 0.15) is 110 Å². The number of aromatic nitrogens is 3. The number of hydrogen-bond donors (Lipinski definition) is 4. The van der Waals surface area contributed by atoms with E-state index in [1.54, 1.807) is 24.3 Å². The van der Waals surface area contributed by atoms with Gasteiger partial charge in [0.1, 0.15) is 17.0 Å². The van der Waals surface area contributed by atoms with E-state index in [0.29, 0.717) is 29.1 Å². The van der Waals surface area contributed by atoms with Crippen LogP contribution < -0.4 is 16.0 Å². The van der Waals surface area contributed by atoms with Crippen molar-refractivity contribution in [2.24, 2.45) is 0 Å². The van der Waals surface area contributed by atoms with Gasteiger partial charge in [-0.05, 0) is 99.9 Å². The van der Waals surface area contributed by atoms with Gasteiger partial charge in [0.05, 0.1) is 28.5 Å². The number of anilines is 1. The van der Waals surface area contributed by atoms with Gasteiger partial charge in [-0.15, -0.1) is 0 Å². The molecule has 6 rings (SSSR count). The molecule has 0 bridgehead atoms. The highest BCUT2D eigenvalue weighted by molar-refractivity contribution is 6.34. The summed E-state index contributed by atoms with van der Waals surface area (Å²) < 4.78 is 7.06. The monoisotopic (exact) mass is 708 g/mol. The van der Waals surface area contributed by atoms with Crippen molar-refractivity contribution in [3.05, 3.63) is 128 Å². The summed E-state index contributed by atoms with van der Waals surface area (Å²) in [6.45, 7) is 11.9. The Hall–Kier alpha value is -5.10. The summed E-state index contributed by atoms with van der Waals surface area (Å²) in [4.78, 5) is 45.6. The van der Waals surface area contributed by atoms with E-state index >= 15 is 0 Å². The minimum absolute atomic E-state index is 0.0312. The number of halogens is 1. The van der Waals surface area contributed by atoms with Gasteiger partial charge in [-0.3, -0.25) is 14.4 Å². The maximum Gasteiger partial charge on any atom is 0.270 e. The Balaban J connectivity index is 1.31. The Morgan fingerprint density at radius 3 is 2.49 bits per heavy atom. The van der Waals surface area contributed by atoms with E-state index < -0.39 is 29.6 Å². The molecule has 0 aliphatic heterocycles. The molecule has 0 fully saturated rings. The summed E-state index contributed by atoms with van der Waals surface area (Å²) in [5.74, 6) is -1.57. The molecule has 4 N–H and O–H groups in total. The second-order valence-corrected chi connectivity index (χ2v) is 14.3. The molecule has 3 aromatic carbocycles. The van der Waals surface area contributed by atoms with Gasteiger partial charge in [0.25, 0.3) is 17.7 Å². The minimum atomic E-state index is -1.09. The van der Waals surface area contributed by atoms with Crippen LogP contribution in [0.4, 0.5) is 5.69 Å². The van der Waals surface area contributed by atoms with Crippen molar-refractivity contribution in [2.75, 3.05) is 5.32 Å². The first-order chi connectivity index (χ1) is 24.2. The number of aryl methyl sites for hydroxylation is 2. The van der Waals surface area contributed by atoms with Crippen molar-refractivity contribution in [1.82, 2.24) is 25.2 Å². The van der Waals surface area contributed by atoms with Gasteiger partial charge in [-0.25, -0.2) is 9.50 Å². The summed E-state index contributed by atoms with van der Waals surface area (Å²) in [6, 6.07) is 17.5. The zero-order chi connectivity index (χ0) is 36.6. The van der Waals surface area contributed by atoms with Crippen molar-refractivity contribution in [3.8, 4) is 0 Å². The number of aliphatic hydroxyl groups is 1. The van der Waals surface area contributed by atoms with Crippen LogP contribution in [0, 0.1) is 20.8 Å². The summed E-state index contributed by atoms with van der Waals surface area (Å²) in [6.07, 6.45) is 1.54. The SMILES string of the molecule is Cc1ccc(CNC(=O)c2cc(C(=O)N[C@H]3CCc4c3ccc([C@@H](O)OC(C)(C)C)c4C)n3ncc(C(=O)Nc4ccccc4Cl)c3n2)cc1C. The Morgan fingerprint density at radius 1 is 1.00 bits per heavy atom. The zero-order valence-corrected chi connectivity index (χ0v) is 30.2. The fraction of sp³-hybridized carbons (Fsp3) is 0.308. The third-order valence-corrected chi connectivity index (χ3v) is 9.43. The number of nitrogens with one attached hydrogen (secondary N) is 3. The third-order valence-electron chi connectivity index (χ3n) is 9.10. The number of hydrogen-bond acceptors (Lipinski definition) is 7. The molecule has 0 unspecified atom stereocenters. The maximum atomic E-state index is 14.1. The van der Waals surface area contributed by atoms with E-state index in [1.807, 2.05) is 71.9 Å². The third kappa shape index (κ3) is 7.65. The lowest BCUT2D eigenvalue weighted by Crippen LogP contribution is -2.31. The van der Waals surface area contributed by atoms with Gasteiger partial charge in [-0.1, -0.05) is 54.1 Å². The fourth-order valence-electron chi connectivity index (χ4n) is 6.29. The van der Waals surface area contributed by atoms with Gasteiger partial charge >= 0.3 is 0 Å². The number of para-hydroxylation sites is 1. The Bertz CT molecular complexity index is 2170. The van der Waals surface area contributed by atoms with Crippen molar-refractivity contribution in [3.63, 3.8) is 0 Å². The van der Waals surface area contributed by atoms with Crippen LogP contribution in [0.5, 0.6) is 0 Å². The van der Waals surface area contributed by atoms with E-state index in [2.05, 4.69) is 26.0 Å². The van der Waals surface area contributed by atoms with E-state index in [4.69, 9.17) is 16.3 Å². The van der Waals surface area contributed by atoms with E-state index in [9.17, 15) is 19.5 Å². The first kappa shape index (κ1) is 35.7. The number of benzene rings is 3. The number of aliphatic hydroxyl groups excluding tert-OH is 1. The van der Waals surface area contributed by atoms with Crippen LogP contribution in [0.3, 0.4) is 0 Å². The van der Waals surface area contributed by atoms with Crippen LogP contribution in [0.2, 0.25) is 5.02 Å². The number of carbonyl (C=O) groups is 3. The molecule has 3 amide bonds. The molecule has 0 radical (unpaired) electrons. The summed E-state index contributed by atoms with van der Waals surface area (Å²) >= 11 is 6.29. The van der Waals surface area contributed by atoms with Gasteiger partial charge in [0, 0.05) is 18.2 Å². The maximum absolute atomic E-state index is 14.1. The lowest BCUT2D eigenvalue weighted by molar-refractivity contribution is -0.169. The average Bonchev–Trinajstić information content (AvgIpc) is 3.70. The quantitative estimate of drug-likeness (QED) is 0.124. The highest BCUT2D eigenvalue weighted by Crippen LogP contribution is 2.37. The second kappa shape index (κ2) is 14.3. The molecule has 12 heteroatoms. The van der Waals surface area contributed by atoms with E-state index in [0.717, 1.165) is 33.4 Å². The lowest BCUT2D eigenvalue weighted by atomic mass is 9.97. The Labute approximate surface area is 301 Å². The van der Waals surface area contributed by atoms with Crippen LogP contribution in [-0.4, -0.2) is 43.0 Å². The van der Waals surface area contributed by atoms with Crippen LogP contribution in [-0.2, 0) is 17.7 Å². The molecule has 1 aliphatic carbocycles. The summed E-state index contributed by atoms with van der Waals surface area (Å²) in [5, 5.41) is 24.3. The summed E-state index contributed by atoms with van der Waals surface area (Å²) in [5.41, 5.74) is 6.64. The second-order valence-electron chi connectivity index (χ2n) is 13.9. The number of nitrogens with zero attached hydrogens (tertiary/aromatic N) is 3. The smallest absolute Gasteiger partial charge is 0.270 e. The number of ether oxygens (including phenoxy) is 1. The highest BCUT2D eigenvalue weighted by Gasteiger charge is 2.30. The molecule has 11 nitrogen and oxygen atoms in total. The molecule has 2 aromatic heterocycles. The Morgan fingerprint density at radius 2 is 1.76 bits per heavy atom. The van der Waals surface area contributed by atoms with Crippen molar-refractivity contribution in [1.29, 1.82) is 0 Å². The first-order valence-corrected chi connectivity index (χ1v) is 17.2. The molecule has 2 atom stereocenters. The molecule has 51 heavy (non-hydrogen) atoms. The highest BCUT2D eigenvalue weighted by atomic mass is 35.5. The normalized spacial score (nSPS) is 14.6. The fourth-order valence-corrected chi connectivity index (χ4v) is 6.47. The molecule has 0 saturated heterocycles. The number of fused-ring (bicyclic) bond motifs is 2. The van der Waals surface area contributed by atoms with Crippen molar-refractivity contribution < 1.29 is 24.2 Å². The predicted octanol–water partition coefficient (Wildman–Crippen LogP) is 6.71. The molecule has 1 aliphatic rings.